The minimum atomic E-state index is 0.737. The third-order valence-corrected chi connectivity index (χ3v) is 4.35. The first-order valence-corrected chi connectivity index (χ1v) is 9.55. The van der Waals surface area contributed by atoms with Crippen LogP contribution >= 0.6 is 0 Å². The van der Waals surface area contributed by atoms with Gasteiger partial charge in [0.2, 0.25) is 0 Å². The minimum Gasteiger partial charge on any atom is -0.0845 e. The SMILES string of the molecule is CCCCC/C=C/C=C/C1CCC=C(/C=C/CCCCC)C1. The second-order valence-corrected chi connectivity index (χ2v) is 6.53. The molecule has 0 amide bonds. The Hall–Kier alpha value is -1.04. The zero-order valence-electron chi connectivity index (χ0n) is 14.9. The summed E-state index contributed by atoms with van der Waals surface area (Å²) in [5, 5.41) is 0. The summed E-state index contributed by atoms with van der Waals surface area (Å²) >= 11 is 0. The van der Waals surface area contributed by atoms with Crippen molar-refractivity contribution < 1.29 is 0 Å². The molecular weight excluding hydrogens is 264 g/mol. The lowest BCUT2D eigenvalue weighted by molar-refractivity contribution is 0.570. The Balaban J connectivity index is 2.22. The molecule has 0 bridgehead atoms. The molecular formula is C22H36. The first-order chi connectivity index (χ1) is 10.9. The molecule has 0 heterocycles. The van der Waals surface area contributed by atoms with Gasteiger partial charge in [-0.05, 0) is 50.9 Å². The van der Waals surface area contributed by atoms with Crippen LogP contribution in [0.25, 0.3) is 0 Å². The van der Waals surface area contributed by atoms with Crippen molar-refractivity contribution in [3.05, 3.63) is 48.1 Å². The summed E-state index contributed by atoms with van der Waals surface area (Å²) in [4.78, 5) is 0. The van der Waals surface area contributed by atoms with Crippen LogP contribution in [0.5, 0.6) is 0 Å². The van der Waals surface area contributed by atoms with Crippen LogP contribution in [0.3, 0.4) is 0 Å². The Labute approximate surface area is 139 Å². The van der Waals surface area contributed by atoms with Crippen LogP contribution < -0.4 is 0 Å². The monoisotopic (exact) mass is 300 g/mol. The molecule has 0 fully saturated rings. The molecule has 0 aliphatic heterocycles. The fourth-order valence-corrected chi connectivity index (χ4v) is 2.93. The predicted octanol–water partition coefficient (Wildman–Crippen LogP) is 7.54. The van der Waals surface area contributed by atoms with E-state index in [1.54, 1.807) is 5.57 Å². The van der Waals surface area contributed by atoms with Crippen LogP contribution in [0.1, 0.15) is 84.5 Å². The van der Waals surface area contributed by atoms with Crippen molar-refractivity contribution in [2.24, 2.45) is 5.92 Å². The largest absolute Gasteiger partial charge is 0.0845 e. The Morgan fingerprint density at radius 2 is 1.68 bits per heavy atom. The fourth-order valence-electron chi connectivity index (χ4n) is 2.93. The van der Waals surface area contributed by atoms with Crippen molar-refractivity contribution in [1.29, 1.82) is 0 Å². The second-order valence-electron chi connectivity index (χ2n) is 6.53. The number of allylic oxidation sites excluding steroid dienone is 8. The normalized spacial score (nSPS) is 19.5. The standard InChI is InChI=1S/C22H36/c1-3-5-7-9-10-12-14-17-22-19-15-18-21(20-22)16-13-11-8-6-4-2/h10,12-14,16-18,22H,3-9,11,15,19-20H2,1-2H3/b12-10+,16-13+,17-14+. The molecule has 0 heteroatoms. The molecule has 0 spiro atoms. The highest BCUT2D eigenvalue weighted by Gasteiger charge is 2.10. The van der Waals surface area contributed by atoms with Crippen molar-refractivity contribution in [2.75, 3.05) is 0 Å². The van der Waals surface area contributed by atoms with Crippen molar-refractivity contribution in [2.45, 2.75) is 84.5 Å². The lowest BCUT2D eigenvalue weighted by atomic mass is 9.88. The molecule has 1 unspecified atom stereocenters. The molecule has 0 aromatic carbocycles. The Bertz CT molecular complexity index is 367. The molecule has 0 saturated heterocycles. The van der Waals surface area contributed by atoms with E-state index in [1.165, 1.54) is 70.6 Å². The van der Waals surface area contributed by atoms with Gasteiger partial charge in [-0.2, -0.15) is 0 Å². The maximum Gasteiger partial charge on any atom is -0.0187 e. The van der Waals surface area contributed by atoms with Gasteiger partial charge in [0.05, 0.1) is 0 Å². The van der Waals surface area contributed by atoms with E-state index in [0.29, 0.717) is 0 Å². The lowest BCUT2D eigenvalue weighted by Crippen LogP contribution is -2.02. The molecule has 0 nitrogen and oxygen atoms in total. The van der Waals surface area contributed by atoms with Gasteiger partial charge in [-0.25, -0.2) is 0 Å². The Kier molecular flexibility index (Phi) is 11.8. The molecule has 1 aliphatic carbocycles. The first kappa shape index (κ1) is 19.0. The molecule has 1 rings (SSSR count). The van der Waals surface area contributed by atoms with Gasteiger partial charge in [-0.3, -0.25) is 0 Å². The topological polar surface area (TPSA) is 0 Å². The lowest BCUT2D eigenvalue weighted by Gasteiger charge is -2.17. The van der Waals surface area contributed by atoms with Gasteiger partial charge >= 0.3 is 0 Å². The van der Waals surface area contributed by atoms with E-state index >= 15 is 0 Å². The van der Waals surface area contributed by atoms with Gasteiger partial charge < -0.3 is 0 Å². The van der Waals surface area contributed by atoms with E-state index in [-0.39, 0.29) is 0 Å². The molecule has 1 atom stereocenters. The van der Waals surface area contributed by atoms with Crippen LogP contribution in [-0.2, 0) is 0 Å². The summed E-state index contributed by atoms with van der Waals surface area (Å²) in [6.45, 7) is 4.53. The van der Waals surface area contributed by atoms with E-state index < -0.39 is 0 Å². The highest BCUT2D eigenvalue weighted by Crippen LogP contribution is 2.26. The van der Waals surface area contributed by atoms with E-state index in [4.69, 9.17) is 0 Å². The van der Waals surface area contributed by atoms with Gasteiger partial charge in [-0.15, -0.1) is 0 Å². The van der Waals surface area contributed by atoms with E-state index in [9.17, 15) is 0 Å². The fraction of sp³-hybridized carbons (Fsp3) is 0.636. The van der Waals surface area contributed by atoms with Crippen LogP contribution in [0.2, 0.25) is 0 Å². The molecule has 0 saturated carbocycles. The van der Waals surface area contributed by atoms with Gasteiger partial charge in [0.1, 0.15) is 0 Å². The zero-order chi connectivity index (χ0) is 15.9. The summed E-state index contributed by atoms with van der Waals surface area (Å²) < 4.78 is 0. The zero-order valence-corrected chi connectivity index (χ0v) is 14.9. The highest BCUT2D eigenvalue weighted by molar-refractivity contribution is 5.23. The first-order valence-electron chi connectivity index (χ1n) is 9.55. The van der Waals surface area contributed by atoms with E-state index in [2.05, 4.69) is 56.4 Å². The van der Waals surface area contributed by atoms with Crippen LogP contribution in [-0.4, -0.2) is 0 Å². The molecule has 22 heavy (non-hydrogen) atoms. The maximum atomic E-state index is 2.43. The van der Waals surface area contributed by atoms with Gasteiger partial charge in [0.25, 0.3) is 0 Å². The van der Waals surface area contributed by atoms with Gasteiger partial charge in [0.15, 0.2) is 0 Å². The number of hydrogen-bond acceptors (Lipinski definition) is 0. The van der Waals surface area contributed by atoms with E-state index in [1.807, 2.05) is 0 Å². The predicted molar refractivity (Wildman–Crippen MR) is 101 cm³/mol. The van der Waals surface area contributed by atoms with Crippen LogP contribution in [0.15, 0.2) is 48.1 Å². The van der Waals surface area contributed by atoms with Crippen molar-refractivity contribution >= 4 is 0 Å². The molecule has 0 aromatic rings. The van der Waals surface area contributed by atoms with Gasteiger partial charge in [-0.1, -0.05) is 87.6 Å². The summed E-state index contributed by atoms with van der Waals surface area (Å²) in [7, 11) is 0. The van der Waals surface area contributed by atoms with Gasteiger partial charge in [0, 0.05) is 0 Å². The van der Waals surface area contributed by atoms with E-state index in [0.717, 1.165) is 5.92 Å². The molecule has 1 aliphatic rings. The molecule has 0 aromatic heterocycles. The second kappa shape index (κ2) is 13.6. The van der Waals surface area contributed by atoms with Crippen LogP contribution in [0, 0.1) is 5.92 Å². The molecule has 124 valence electrons. The average Bonchev–Trinajstić information content (AvgIpc) is 2.54. The summed E-state index contributed by atoms with van der Waals surface area (Å²) in [6, 6.07) is 0. The summed E-state index contributed by atoms with van der Waals surface area (Å²) in [6.07, 6.45) is 30.7. The smallest absolute Gasteiger partial charge is 0.0187 e. The average molecular weight is 301 g/mol. The summed E-state index contributed by atoms with van der Waals surface area (Å²) in [5.41, 5.74) is 1.55. The number of unbranched alkanes of at least 4 members (excludes halogenated alkanes) is 6. The Morgan fingerprint density at radius 1 is 0.955 bits per heavy atom. The van der Waals surface area contributed by atoms with Crippen LogP contribution in [0.4, 0.5) is 0 Å². The third kappa shape index (κ3) is 9.82. The number of rotatable bonds is 11. The Morgan fingerprint density at radius 3 is 2.41 bits per heavy atom. The van der Waals surface area contributed by atoms with Crippen molar-refractivity contribution in [1.82, 2.24) is 0 Å². The molecule has 0 N–H and O–H groups in total. The maximum absolute atomic E-state index is 2.43. The summed E-state index contributed by atoms with van der Waals surface area (Å²) in [5.74, 6) is 0.737. The van der Waals surface area contributed by atoms with Crippen molar-refractivity contribution in [3.8, 4) is 0 Å². The quantitative estimate of drug-likeness (QED) is 0.273. The highest BCUT2D eigenvalue weighted by atomic mass is 14.2. The number of hydrogen-bond donors (Lipinski definition) is 0. The molecule has 0 radical (unpaired) electrons. The van der Waals surface area contributed by atoms with Crippen molar-refractivity contribution in [3.63, 3.8) is 0 Å². The minimum absolute atomic E-state index is 0.737. The third-order valence-electron chi connectivity index (χ3n) is 4.35.